The van der Waals surface area contributed by atoms with Gasteiger partial charge in [0.15, 0.2) is 0 Å². The second kappa shape index (κ2) is 5.12. The van der Waals surface area contributed by atoms with Crippen molar-refractivity contribution >= 4 is 11.7 Å². The molecule has 1 amide bonds. The molecule has 0 aliphatic heterocycles. The molecule has 94 valence electrons. The van der Waals surface area contributed by atoms with Crippen molar-refractivity contribution in [2.45, 2.75) is 27.7 Å². The standard InChI is InChI=1S/C12H20N4O/c1-8-6-10(16-9(2)15-8)14-7-12(3,4)11(17)13-5/h6H,7H2,1-5H3,(H,13,17)(H,14,15,16). The van der Waals surface area contributed by atoms with Crippen molar-refractivity contribution in [3.05, 3.63) is 17.6 Å². The van der Waals surface area contributed by atoms with E-state index in [0.29, 0.717) is 6.54 Å². The van der Waals surface area contributed by atoms with Crippen LogP contribution in [0.25, 0.3) is 0 Å². The van der Waals surface area contributed by atoms with Crippen molar-refractivity contribution in [1.29, 1.82) is 0 Å². The summed E-state index contributed by atoms with van der Waals surface area (Å²) in [6.07, 6.45) is 0. The molecule has 1 rings (SSSR count). The predicted molar refractivity (Wildman–Crippen MR) is 67.8 cm³/mol. The number of hydrogen-bond acceptors (Lipinski definition) is 4. The highest BCUT2D eigenvalue weighted by molar-refractivity contribution is 5.82. The van der Waals surface area contributed by atoms with Crippen molar-refractivity contribution in [3.8, 4) is 0 Å². The van der Waals surface area contributed by atoms with Crippen LogP contribution in [0.2, 0.25) is 0 Å². The first-order valence-electron chi connectivity index (χ1n) is 5.63. The lowest BCUT2D eigenvalue weighted by Crippen LogP contribution is -2.39. The van der Waals surface area contributed by atoms with Crippen LogP contribution in [0.1, 0.15) is 25.4 Å². The molecule has 0 aromatic carbocycles. The van der Waals surface area contributed by atoms with Crippen LogP contribution in [0.4, 0.5) is 5.82 Å². The molecule has 0 spiro atoms. The number of rotatable bonds is 4. The summed E-state index contributed by atoms with van der Waals surface area (Å²) < 4.78 is 0. The van der Waals surface area contributed by atoms with Gasteiger partial charge in [0, 0.05) is 25.4 Å². The lowest BCUT2D eigenvalue weighted by molar-refractivity contribution is -0.128. The van der Waals surface area contributed by atoms with Gasteiger partial charge in [0.05, 0.1) is 5.41 Å². The first-order chi connectivity index (χ1) is 7.85. The molecule has 5 nitrogen and oxygen atoms in total. The fraction of sp³-hybridized carbons (Fsp3) is 0.583. The van der Waals surface area contributed by atoms with Crippen LogP contribution in [0.5, 0.6) is 0 Å². The predicted octanol–water partition coefficient (Wildman–Crippen LogP) is 1.28. The van der Waals surface area contributed by atoms with Gasteiger partial charge >= 0.3 is 0 Å². The summed E-state index contributed by atoms with van der Waals surface area (Å²) in [5, 5.41) is 5.82. The van der Waals surface area contributed by atoms with E-state index in [-0.39, 0.29) is 5.91 Å². The van der Waals surface area contributed by atoms with Crippen molar-refractivity contribution in [3.63, 3.8) is 0 Å². The Morgan fingerprint density at radius 2 is 2.00 bits per heavy atom. The molecule has 2 N–H and O–H groups in total. The van der Waals surface area contributed by atoms with Gasteiger partial charge in [0.25, 0.3) is 0 Å². The van der Waals surface area contributed by atoms with Crippen LogP contribution in [0.3, 0.4) is 0 Å². The molecular formula is C12H20N4O. The number of carbonyl (C=O) groups excluding carboxylic acids is 1. The minimum absolute atomic E-state index is 0.00694. The largest absolute Gasteiger partial charge is 0.369 e. The maximum absolute atomic E-state index is 11.6. The highest BCUT2D eigenvalue weighted by Gasteiger charge is 2.26. The third-order valence-corrected chi connectivity index (χ3v) is 2.52. The summed E-state index contributed by atoms with van der Waals surface area (Å²) in [6, 6.07) is 1.87. The number of carbonyl (C=O) groups is 1. The zero-order valence-corrected chi connectivity index (χ0v) is 11.1. The van der Waals surface area contributed by atoms with Crippen LogP contribution in [-0.4, -0.2) is 29.5 Å². The molecule has 0 aliphatic rings. The maximum Gasteiger partial charge on any atom is 0.227 e. The van der Waals surface area contributed by atoms with E-state index in [0.717, 1.165) is 17.3 Å². The number of hydrogen-bond donors (Lipinski definition) is 2. The Balaban J connectivity index is 2.70. The summed E-state index contributed by atoms with van der Waals surface area (Å²) in [5.41, 5.74) is 0.444. The normalized spacial score (nSPS) is 11.1. The monoisotopic (exact) mass is 236 g/mol. The Morgan fingerprint density at radius 3 is 2.53 bits per heavy atom. The molecule has 0 fully saturated rings. The minimum Gasteiger partial charge on any atom is -0.369 e. The second-order valence-electron chi connectivity index (χ2n) is 4.76. The number of nitrogens with one attached hydrogen (secondary N) is 2. The third kappa shape index (κ3) is 3.69. The summed E-state index contributed by atoms with van der Waals surface area (Å²) in [4.78, 5) is 20.1. The van der Waals surface area contributed by atoms with Gasteiger partial charge in [0.2, 0.25) is 5.91 Å². The van der Waals surface area contributed by atoms with E-state index >= 15 is 0 Å². The Kier molecular flexibility index (Phi) is 4.04. The number of aromatic nitrogens is 2. The lowest BCUT2D eigenvalue weighted by Gasteiger charge is -2.23. The summed E-state index contributed by atoms with van der Waals surface area (Å²) >= 11 is 0. The number of nitrogens with zero attached hydrogens (tertiary/aromatic N) is 2. The molecule has 0 atom stereocenters. The average molecular weight is 236 g/mol. The van der Waals surface area contributed by atoms with Crippen LogP contribution >= 0.6 is 0 Å². The molecule has 0 bridgehead atoms. The zero-order valence-electron chi connectivity index (χ0n) is 11.1. The highest BCUT2D eigenvalue weighted by Crippen LogP contribution is 2.16. The Labute approximate surface area is 102 Å². The molecule has 1 heterocycles. The summed E-state index contributed by atoms with van der Waals surface area (Å²) in [7, 11) is 1.64. The van der Waals surface area contributed by atoms with Gasteiger partial charge in [-0.15, -0.1) is 0 Å². The molecule has 0 radical (unpaired) electrons. The van der Waals surface area contributed by atoms with Crippen molar-refractivity contribution in [2.75, 3.05) is 18.9 Å². The lowest BCUT2D eigenvalue weighted by atomic mass is 9.92. The molecule has 1 aromatic rings. The molecule has 1 aromatic heterocycles. The van der Waals surface area contributed by atoms with Crippen molar-refractivity contribution in [1.82, 2.24) is 15.3 Å². The van der Waals surface area contributed by atoms with Gasteiger partial charge in [0.1, 0.15) is 11.6 Å². The van der Waals surface area contributed by atoms with E-state index in [1.54, 1.807) is 7.05 Å². The molecule has 5 heteroatoms. The van der Waals surface area contributed by atoms with Crippen molar-refractivity contribution < 1.29 is 4.79 Å². The van der Waals surface area contributed by atoms with Crippen LogP contribution in [-0.2, 0) is 4.79 Å². The van der Waals surface area contributed by atoms with Crippen LogP contribution < -0.4 is 10.6 Å². The third-order valence-electron chi connectivity index (χ3n) is 2.52. The summed E-state index contributed by atoms with van der Waals surface area (Å²) in [5.74, 6) is 1.49. The van der Waals surface area contributed by atoms with Gasteiger partial charge in [-0.25, -0.2) is 9.97 Å². The van der Waals surface area contributed by atoms with E-state index in [1.165, 1.54) is 0 Å². The molecule has 0 aliphatic carbocycles. The van der Waals surface area contributed by atoms with Crippen LogP contribution in [0, 0.1) is 19.3 Å². The van der Waals surface area contributed by atoms with Crippen LogP contribution in [0.15, 0.2) is 6.07 Å². The van der Waals surface area contributed by atoms with Gasteiger partial charge < -0.3 is 10.6 Å². The maximum atomic E-state index is 11.6. The van der Waals surface area contributed by atoms with Gasteiger partial charge in [-0.2, -0.15) is 0 Å². The van der Waals surface area contributed by atoms with Crippen molar-refractivity contribution in [2.24, 2.45) is 5.41 Å². The van der Waals surface area contributed by atoms with Gasteiger partial charge in [-0.3, -0.25) is 4.79 Å². The Hall–Kier alpha value is -1.65. The Morgan fingerprint density at radius 1 is 1.35 bits per heavy atom. The molecular weight excluding hydrogens is 216 g/mol. The molecule has 0 unspecified atom stereocenters. The van der Waals surface area contributed by atoms with E-state index in [4.69, 9.17) is 0 Å². The van der Waals surface area contributed by atoms with E-state index in [2.05, 4.69) is 20.6 Å². The number of aryl methyl sites for hydroxylation is 2. The summed E-state index contributed by atoms with van der Waals surface area (Å²) in [6.45, 7) is 8.08. The second-order valence-corrected chi connectivity index (χ2v) is 4.76. The Bertz CT molecular complexity index is 395. The highest BCUT2D eigenvalue weighted by atomic mass is 16.2. The fourth-order valence-corrected chi connectivity index (χ4v) is 1.54. The SMILES string of the molecule is CNC(=O)C(C)(C)CNc1cc(C)nc(C)n1. The van der Waals surface area contributed by atoms with Gasteiger partial charge in [-0.1, -0.05) is 0 Å². The minimum atomic E-state index is -0.471. The number of anilines is 1. The molecule has 0 saturated carbocycles. The van der Waals surface area contributed by atoms with Gasteiger partial charge in [-0.05, 0) is 27.7 Å². The zero-order chi connectivity index (χ0) is 13.1. The average Bonchev–Trinajstić information content (AvgIpc) is 2.24. The topological polar surface area (TPSA) is 66.9 Å². The molecule has 17 heavy (non-hydrogen) atoms. The smallest absolute Gasteiger partial charge is 0.227 e. The first kappa shape index (κ1) is 13.4. The quantitative estimate of drug-likeness (QED) is 0.826. The van der Waals surface area contributed by atoms with E-state index in [9.17, 15) is 4.79 Å². The van der Waals surface area contributed by atoms with E-state index in [1.807, 2.05) is 33.8 Å². The fourth-order valence-electron chi connectivity index (χ4n) is 1.54. The van der Waals surface area contributed by atoms with E-state index < -0.39 is 5.41 Å². The first-order valence-corrected chi connectivity index (χ1v) is 5.63. The molecule has 0 saturated heterocycles. The number of amides is 1.